The Morgan fingerprint density at radius 3 is 2.70 bits per heavy atom. The Morgan fingerprint density at radius 2 is 2.04 bits per heavy atom. The molecule has 2 aromatic heterocycles. The molecule has 0 atom stereocenters. The third kappa shape index (κ3) is 3.20. The van der Waals surface area contributed by atoms with Crippen LogP contribution < -0.4 is 5.56 Å². The van der Waals surface area contributed by atoms with Crippen molar-refractivity contribution < 1.29 is 4.79 Å². The monoisotopic (exact) mass is 440 g/mol. The molecule has 0 unspecified atom stereocenters. The second-order valence-electron chi connectivity index (χ2n) is 4.76. The van der Waals surface area contributed by atoms with Crippen LogP contribution in [0.1, 0.15) is 17.3 Å². The number of aromatic amines is 1. The molecule has 2 heterocycles. The van der Waals surface area contributed by atoms with Crippen molar-refractivity contribution in [3.05, 3.63) is 57.5 Å². The van der Waals surface area contributed by atoms with E-state index in [0.717, 1.165) is 10.1 Å². The van der Waals surface area contributed by atoms with Crippen molar-refractivity contribution in [2.24, 2.45) is 4.99 Å². The van der Waals surface area contributed by atoms with Gasteiger partial charge >= 0.3 is 0 Å². The molecular weight excluding hydrogens is 431 g/mol. The number of aliphatic imine (C=N–C) groups is 1. The quantitative estimate of drug-likeness (QED) is 0.490. The lowest BCUT2D eigenvalue weighted by atomic mass is 10.1. The first-order chi connectivity index (χ1) is 11.0. The molecule has 3 rings (SSSR count). The largest absolute Gasteiger partial charge is 0.339 e. The highest BCUT2D eigenvalue weighted by atomic mass is 127. The summed E-state index contributed by atoms with van der Waals surface area (Å²) in [6.45, 7) is 1.71. The van der Waals surface area contributed by atoms with Gasteiger partial charge < -0.3 is 4.98 Å². The summed E-state index contributed by atoms with van der Waals surface area (Å²) in [5.74, 6) is -0.448. The summed E-state index contributed by atoms with van der Waals surface area (Å²) < 4.78 is 1.74. The SMILES string of the molecule is C/C(I)=N\C(=O)c1cnn2c(=O)cc(-c3ccc(Cl)cc3)[nH]c12. The van der Waals surface area contributed by atoms with Gasteiger partial charge in [-0.2, -0.15) is 9.61 Å². The van der Waals surface area contributed by atoms with E-state index in [1.54, 1.807) is 31.2 Å². The summed E-state index contributed by atoms with van der Waals surface area (Å²) in [5, 5.41) is 4.56. The Balaban J connectivity index is 2.20. The zero-order chi connectivity index (χ0) is 16.6. The second-order valence-corrected chi connectivity index (χ2v) is 6.76. The molecule has 0 aliphatic carbocycles. The molecule has 23 heavy (non-hydrogen) atoms. The van der Waals surface area contributed by atoms with Crippen LogP contribution >= 0.6 is 34.2 Å². The highest BCUT2D eigenvalue weighted by Gasteiger charge is 2.15. The van der Waals surface area contributed by atoms with Crippen molar-refractivity contribution in [2.45, 2.75) is 6.92 Å². The minimum atomic E-state index is -0.448. The van der Waals surface area contributed by atoms with Crippen molar-refractivity contribution in [1.82, 2.24) is 14.6 Å². The number of carbonyl (C=O) groups is 1. The Labute approximate surface area is 149 Å². The van der Waals surface area contributed by atoms with E-state index in [9.17, 15) is 9.59 Å². The molecule has 0 aliphatic rings. The van der Waals surface area contributed by atoms with Crippen LogP contribution in [0.4, 0.5) is 0 Å². The van der Waals surface area contributed by atoms with E-state index in [1.807, 2.05) is 22.6 Å². The van der Waals surface area contributed by atoms with Crippen molar-refractivity contribution in [1.29, 1.82) is 0 Å². The van der Waals surface area contributed by atoms with E-state index in [4.69, 9.17) is 11.6 Å². The molecule has 0 spiro atoms. The predicted molar refractivity (Wildman–Crippen MR) is 97.7 cm³/mol. The van der Waals surface area contributed by atoms with Crippen LogP contribution in [-0.2, 0) is 0 Å². The van der Waals surface area contributed by atoms with Crippen LogP contribution in [0.25, 0.3) is 16.9 Å². The van der Waals surface area contributed by atoms with Gasteiger partial charge in [-0.3, -0.25) is 9.59 Å². The van der Waals surface area contributed by atoms with Gasteiger partial charge in [-0.05, 0) is 47.2 Å². The van der Waals surface area contributed by atoms with Gasteiger partial charge in [0.1, 0.15) is 5.56 Å². The normalized spacial score (nSPS) is 11.9. The van der Waals surface area contributed by atoms with Gasteiger partial charge in [-0.15, -0.1) is 0 Å². The number of hydrogen-bond donors (Lipinski definition) is 1. The summed E-state index contributed by atoms with van der Waals surface area (Å²) in [6.07, 6.45) is 1.34. The van der Waals surface area contributed by atoms with Crippen LogP contribution in [0.5, 0.6) is 0 Å². The maximum atomic E-state index is 12.2. The number of amides is 1. The highest BCUT2D eigenvalue weighted by Crippen LogP contribution is 2.20. The third-order valence-electron chi connectivity index (χ3n) is 3.14. The van der Waals surface area contributed by atoms with Crippen molar-refractivity contribution in [3.63, 3.8) is 0 Å². The molecule has 0 aliphatic heterocycles. The fourth-order valence-electron chi connectivity index (χ4n) is 2.13. The van der Waals surface area contributed by atoms with E-state index < -0.39 is 5.91 Å². The maximum Gasteiger partial charge on any atom is 0.283 e. The Morgan fingerprint density at radius 1 is 1.35 bits per heavy atom. The molecule has 0 saturated heterocycles. The van der Waals surface area contributed by atoms with Crippen molar-refractivity contribution in [2.75, 3.05) is 0 Å². The number of benzene rings is 1. The summed E-state index contributed by atoms with van der Waals surface area (Å²) in [4.78, 5) is 31.3. The number of halogens is 2. The van der Waals surface area contributed by atoms with Crippen LogP contribution in [0.15, 0.2) is 46.3 Å². The van der Waals surface area contributed by atoms with Gasteiger partial charge in [0.15, 0.2) is 5.65 Å². The molecule has 0 saturated carbocycles. The Kier molecular flexibility index (Phi) is 4.31. The fraction of sp³-hybridized carbons (Fsp3) is 0.0667. The number of hydrogen-bond acceptors (Lipinski definition) is 3. The number of fused-ring (bicyclic) bond motifs is 1. The third-order valence-corrected chi connectivity index (χ3v) is 3.63. The molecule has 0 bridgehead atoms. The smallest absolute Gasteiger partial charge is 0.283 e. The van der Waals surface area contributed by atoms with Gasteiger partial charge in [0.05, 0.1) is 15.6 Å². The lowest BCUT2D eigenvalue weighted by molar-refractivity contribution is 0.100. The summed E-state index contributed by atoms with van der Waals surface area (Å²) in [7, 11) is 0. The van der Waals surface area contributed by atoms with Gasteiger partial charge in [-0.1, -0.05) is 23.7 Å². The van der Waals surface area contributed by atoms with Crippen LogP contribution in [-0.4, -0.2) is 24.2 Å². The van der Waals surface area contributed by atoms with E-state index in [2.05, 4.69) is 15.1 Å². The van der Waals surface area contributed by atoms with Gasteiger partial charge in [0.25, 0.3) is 11.5 Å². The van der Waals surface area contributed by atoms with Gasteiger partial charge in [0.2, 0.25) is 0 Å². The molecule has 1 N–H and O–H groups in total. The summed E-state index contributed by atoms with van der Waals surface area (Å²) in [6, 6.07) is 8.45. The topological polar surface area (TPSA) is 79.6 Å². The van der Waals surface area contributed by atoms with Crippen molar-refractivity contribution >= 4 is 49.5 Å². The lowest BCUT2D eigenvalue weighted by Crippen LogP contribution is -2.15. The standard InChI is InChI=1S/C15H10ClIN4O2/c1-8(17)19-15(23)11-7-18-21-13(22)6-12(20-14(11)21)9-2-4-10(16)5-3-9/h2-7,20H,1H3/b19-8+. The van der Waals surface area contributed by atoms with E-state index in [-0.39, 0.29) is 11.1 Å². The fourth-order valence-corrected chi connectivity index (χ4v) is 2.47. The maximum absolute atomic E-state index is 12.2. The summed E-state index contributed by atoms with van der Waals surface area (Å²) in [5.41, 5.74) is 1.58. The first-order valence-electron chi connectivity index (χ1n) is 6.58. The number of nitrogens with one attached hydrogen (secondary N) is 1. The average molecular weight is 441 g/mol. The van der Waals surface area contributed by atoms with Gasteiger partial charge in [0, 0.05) is 11.1 Å². The zero-order valence-electron chi connectivity index (χ0n) is 11.9. The Bertz CT molecular complexity index is 985. The molecule has 0 radical (unpaired) electrons. The number of aromatic nitrogens is 3. The molecule has 0 fully saturated rings. The number of nitrogens with zero attached hydrogens (tertiary/aromatic N) is 3. The second kappa shape index (κ2) is 6.25. The minimum Gasteiger partial charge on any atom is -0.339 e. The average Bonchev–Trinajstić information content (AvgIpc) is 2.91. The van der Waals surface area contributed by atoms with Crippen LogP contribution in [0.2, 0.25) is 5.02 Å². The number of carbonyl (C=O) groups excluding carboxylic acids is 1. The zero-order valence-corrected chi connectivity index (χ0v) is 14.8. The molecule has 116 valence electrons. The first kappa shape index (κ1) is 15.9. The molecular formula is C15H10ClIN4O2. The molecule has 6 nitrogen and oxygen atoms in total. The van der Waals surface area contributed by atoms with E-state index >= 15 is 0 Å². The molecule has 3 aromatic rings. The van der Waals surface area contributed by atoms with Gasteiger partial charge in [-0.25, -0.2) is 4.99 Å². The lowest BCUT2D eigenvalue weighted by Gasteiger charge is -2.04. The van der Waals surface area contributed by atoms with E-state index in [0.29, 0.717) is 20.1 Å². The summed E-state index contributed by atoms with van der Waals surface area (Å²) >= 11 is 7.83. The molecule has 1 aromatic carbocycles. The van der Waals surface area contributed by atoms with Crippen LogP contribution in [0.3, 0.4) is 0 Å². The molecule has 1 amide bonds. The minimum absolute atomic E-state index is 0.244. The first-order valence-corrected chi connectivity index (χ1v) is 8.03. The highest BCUT2D eigenvalue weighted by molar-refractivity contribution is 14.1. The Hall–Kier alpha value is -2.00. The molecule has 8 heteroatoms. The van der Waals surface area contributed by atoms with Crippen LogP contribution in [0, 0.1) is 0 Å². The predicted octanol–water partition coefficient (Wildman–Crippen LogP) is 3.34. The van der Waals surface area contributed by atoms with E-state index in [1.165, 1.54) is 12.3 Å². The number of rotatable bonds is 2. The number of H-pyrrole nitrogens is 1. The van der Waals surface area contributed by atoms with Crippen molar-refractivity contribution in [3.8, 4) is 11.3 Å².